The molecular formula is C11H12FNO. The van der Waals surface area contributed by atoms with E-state index in [0.717, 1.165) is 0 Å². The number of rotatable bonds is 3. The molecule has 0 radical (unpaired) electrons. The van der Waals surface area contributed by atoms with Crippen LogP contribution in [0.2, 0.25) is 0 Å². The maximum Gasteiger partial charge on any atom is 0.148 e. The van der Waals surface area contributed by atoms with Crippen LogP contribution in [0.5, 0.6) is 5.75 Å². The van der Waals surface area contributed by atoms with Gasteiger partial charge in [-0.2, -0.15) is 0 Å². The molecule has 1 rings (SSSR count). The molecule has 0 bridgehead atoms. The van der Waals surface area contributed by atoms with Crippen LogP contribution < -0.4 is 10.5 Å². The molecule has 0 aliphatic rings. The largest absolute Gasteiger partial charge is 0.481 e. The van der Waals surface area contributed by atoms with Crippen molar-refractivity contribution in [2.24, 2.45) is 5.73 Å². The molecule has 1 aromatic carbocycles. The Labute approximate surface area is 82.9 Å². The molecule has 0 aromatic heterocycles. The molecule has 0 amide bonds. The summed E-state index contributed by atoms with van der Waals surface area (Å²) < 4.78 is 18.4. The van der Waals surface area contributed by atoms with Crippen LogP contribution in [0.1, 0.15) is 18.5 Å². The number of ether oxygens (including phenoxy) is 1. The van der Waals surface area contributed by atoms with Crippen molar-refractivity contribution >= 4 is 0 Å². The maximum absolute atomic E-state index is 13.3. The Morgan fingerprint density at radius 1 is 1.64 bits per heavy atom. The molecule has 1 atom stereocenters. The summed E-state index contributed by atoms with van der Waals surface area (Å²) in [6.45, 7) is 1.86. The van der Waals surface area contributed by atoms with Gasteiger partial charge >= 0.3 is 0 Å². The van der Waals surface area contributed by atoms with Gasteiger partial charge in [0.2, 0.25) is 0 Å². The highest BCUT2D eigenvalue weighted by molar-refractivity contribution is 5.30. The van der Waals surface area contributed by atoms with Gasteiger partial charge in [-0.3, -0.25) is 0 Å². The summed E-state index contributed by atoms with van der Waals surface area (Å²) in [5.41, 5.74) is 6.02. The molecule has 74 valence electrons. The van der Waals surface area contributed by atoms with Gasteiger partial charge in [-0.25, -0.2) is 4.39 Å². The number of terminal acetylenes is 1. The standard InChI is InChI=1S/C11H12FNO/c1-3-6-14-9-4-5-10(8(2)13)11(12)7-9/h1,4-5,7-8H,6,13H2,2H3/t8-/m1/s1. The Morgan fingerprint density at radius 3 is 2.86 bits per heavy atom. The van der Waals surface area contributed by atoms with E-state index in [1.165, 1.54) is 6.07 Å². The SMILES string of the molecule is C#CCOc1ccc([C@@H](C)N)c(F)c1. The molecule has 0 aliphatic heterocycles. The Balaban J connectivity index is 2.85. The van der Waals surface area contributed by atoms with E-state index < -0.39 is 0 Å². The minimum atomic E-state index is -0.366. The average molecular weight is 193 g/mol. The third-order valence-electron chi connectivity index (χ3n) is 1.78. The maximum atomic E-state index is 13.3. The van der Waals surface area contributed by atoms with Crippen molar-refractivity contribution in [3.63, 3.8) is 0 Å². The predicted octanol–water partition coefficient (Wildman–Crippen LogP) is 1.86. The molecule has 14 heavy (non-hydrogen) atoms. The van der Waals surface area contributed by atoms with E-state index in [2.05, 4.69) is 5.92 Å². The minimum Gasteiger partial charge on any atom is -0.481 e. The fraction of sp³-hybridized carbons (Fsp3) is 0.273. The second kappa shape index (κ2) is 4.64. The van der Waals surface area contributed by atoms with Crippen LogP contribution in [-0.4, -0.2) is 6.61 Å². The van der Waals surface area contributed by atoms with Gasteiger partial charge in [0.25, 0.3) is 0 Å². The second-order valence-corrected chi connectivity index (χ2v) is 2.96. The van der Waals surface area contributed by atoms with Crippen molar-refractivity contribution in [2.45, 2.75) is 13.0 Å². The zero-order chi connectivity index (χ0) is 10.6. The molecule has 0 saturated heterocycles. The van der Waals surface area contributed by atoms with Gasteiger partial charge in [0, 0.05) is 17.7 Å². The zero-order valence-electron chi connectivity index (χ0n) is 7.96. The topological polar surface area (TPSA) is 35.2 Å². The van der Waals surface area contributed by atoms with E-state index in [1.54, 1.807) is 19.1 Å². The summed E-state index contributed by atoms with van der Waals surface area (Å²) >= 11 is 0. The van der Waals surface area contributed by atoms with Gasteiger partial charge in [0.15, 0.2) is 0 Å². The van der Waals surface area contributed by atoms with Gasteiger partial charge in [0.05, 0.1) is 0 Å². The Hall–Kier alpha value is -1.53. The molecule has 0 saturated carbocycles. The van der Waals surface area contributed by atoms with Crippen molar-refractivity contribution in [1.82, 2.24) is 0 Å². The second-order valence-electron chi connectivity index (χ2n) is 2.96. The van der Waals surface area contributed by atoms with Crippen molar-refractivity contribution in [3.8, 4) is 18.1 Å². The van der Waals surface area contributed by atoms with Crippen molar-refractivity contribution < 1.29 is 9.13 Å². The first-order valence-corrected chi connectivity index (χ1v) is 4.26. The van der Waals surface area contributed by atoms with Crippen molar-refractivity contribution in [2.75, 3.05) is 6.61 Å². The number of nitrogens with two attached hydrogens (primary N) is 1. The Bertz CT molecular complexity index is 355. The number of hydrogen-bond acceptors (Lipinski definition) is 2. The summed E-state index contributed by atoms with van der Waals surface area (Å²) in [4.78, 5) is 0. The van der Waals surface area contributed by atoms with Gasteiger partial charge in [-0.15, -0.1) is 6.42 Å². The first-order chi connectivity index (χ1) is 6.65. The summed E-state index contributed by atoms with van der Waals surface area (Å²) in [6, 6.07) is 4.22. The highest BCUT2D eigenvalue weighted by Gasteiger charge is 2.07. The number of benzene rings is 1. The Morgan fingerprint density at radius 2 is 2.36 bits per heavy atom. The van der Waals surface area contributed by atoms with Crippen molar-refractivity contribution in [3.05, 3.63) is 29.6 Å². The highest BCUT2D eigenvalue weighted by atomic mass is 19.1. The highest BCUT2D eigenvalue weighted by Crippen LogP contribution is 2.20. The van der Waals surface area contributed by atoms with Crippen LogP contribution in [0.25, 0.3) is 0 Å². The normalized spacial score (nSPS) is 11.9. The van der Waals surface area contributed by atoms with Gasteiger partial charge in [0.1, 0.15) is 18.2 Å². The van der Waals surface area contributed by atoms with E-state index in [0.29, 0.717) is 11.3 Å². The third kappa shape index (κ3) is 2.48. The molecule has 3 heteroatoms. The predicted molar refractivity (Wildman–Crippen MR) is 53.3 cm³/mol. The molecule has 0 fully saturated rings. The van der Waals surface area contributed by atoms with E-state index in [9.17, 15) is 4.39 Å². The first kappa shape index (κ1) is 10.6. The Kier molecular flexibility index (Phi) is 3.49. The molecule has 2 N–H and O–H groups in total. The van der Waals surface area contributed by atoms with Crippen LogP contribution in [0.3, 0.4) is 0 Å². The monoisotopic (exact) mass is 193 g/mol. The average Bonchev–Trinajstić information content (AvgIpc) is 2.14. The van der Waals surface area contributed by atoms with Crippen LogP contribution in [0.4, 0.5) is 4.39 Å². The molecule has 0 unspecified atom stereocenters. The van der Waals surface area contributed by atoms with Crippen LogP contribution in [0.15, 0.2) is 18.2 Å². The zero-order valence-corrected chi connectivity index (χ0v) is 7.96. The van der Waals surface area contributed by atoms with Crippen molar-refractivity contribution in [1.29, 1.82) is 0 Å². The smallest absolute Gasteiger partial charge is 0.148 e. The lowest BCUT2D eigenvalue weighted by atomic mass is 10.1. The lowest BCUT2D eigenvalue weighted by Gasteiger charge is -2.08. The lowest BCUT2D eigenvalue weighted by Crippen LogP contribution is -2.07. The molecule has 2 nitrogen and oxygen atoms in total. The molecule has 0 spiro atoms. The van der Waals surface area contributed by atoms with Crippen LogP contribution >= 0.6 is 0 Å². The van der Waals surface area contributed by atoms with Crippen LogP contribution in [0, 0.1) is 18.2 Å². The summed E-state index contributed by atoms with van der Waals surface area (Å²) in [7, 11) is 0. The fourth-order valence-electron chi connectivity index (χ4n) is 1.09. The van der Waals surface area contributed by atoms with Gasteiger partial charge < -0.3 is 10.5 Å². The fourth-order valence-corrected chi connectivity index (χ4v) is 1.09. The molecule has 0 aliphatic carbocycles. The lowest BCUT2D eigenvalue weighted by molar-refractivity contribution is 0.367. The van der Waals surface area contributed by atoms with E-state index >= 15 is 0 Å². The third-order valence-corrected chi connectivity index (χ3v) is 1.78. The number of halogens is 1. The van der Waals surface area contributed by atoms with Crippen LogP contribution in [-0.2, 0) is 0 Å². The molecule has 1 aromatic rings. The molecular weight excluding hydrogens is 181 g/mol. The number of hydrogen-bond donors (Lipinski definition) is 1. The minimum absolute atomic E-state index is 0.136. The molecule has 0 heterocycles. The summed E-state index contributed by atoms with van der Waals surface area (Å²) in [5.74, 6) is 2.36. The summed E-state index contributed by atoms with van der Waals surface area (Å²) in [6.07, 6.45) is 5.00. The summed E-state index contributed by atoms with van der Waals surface area (Å²) in [5, 5.41) is 0. The van der Waals surface area contributed by atoms with E-state index in [-0.39, 0.29) is 18.5 Å². The quantitative estimate of drug-likeness (QED) is 0.743. The van der Waals surface area contributed by atoms with Gasteiger partial charge in [-0.1, -0.05) is 12.0 Å². The first-order valence-electron chi connectivity index (χ1n) is 4.26. The van der Waals surface area contributed by atoms with E-state index in [1.807, 2.05) is 0 Å². The van der Waals surface area contributed by atoms with Gasteiger partial charge in [-0.05, 0) is 13.0 Å². The van der Waals surface area contributed by atoms with E-state index in [4.69, 9.17) is 16.9 Å².